The average Bonchev–Trinajstić information content (AvgIpc) is 2.69. The highest BCUT2D eigenvalue weighted by Gasteiger charge is 2.39. The third-order valence-corrected chi connectivity index (χ3v) is 4.89. The Morgan fingerprint density at radius 2 is 1.71 bits per heavy atom. The summed E-state index contributed by atoms with van der Waals surface area (Å²) in [6.07, 6.45) is -2.70. The smallest absolute Gasteiger partial charge is 0.306 e. The first-order valence-corrected chi connectivity index (χ1v) is 7.08. The summed E-state index contributed by atoms with van der Waals surface area (Å²) in [6, 6.07) is 0.380. The molecule has 21 heavy (non-hydrogen) atoms. The maximum atomic E-state index is 13.6. The topological polar surface area (TPSA) is 121 Å². The molecule has 1 aromatic rings. The van der Waals surface area contributed by atoms with Crippen molar-refractivity contribution < 1.29 is 32.3 Å². The van der Waals surface area contributed by atoms with Crippen LogP contribution in [0.25, 0.3) is 0 Å². The number of rotatable bonds is 3. The molecule has 116 valence electrons. The Labute approximate surface area is 117 Å². The van der Waals surface area contributed by atoms with Crippen LogP contribution in [-0.4, -0.2) is 53.2 Å². The summed E-state index contributed by atoms with van der Waals surface area (Å²) in [5.74, 6) is -2.99. The van der Waals surface area contributed by atoms with Gasteiger partial charge in [-0.15, -0.1) is 0 Å². The molecule has 2 N–H and O–H groups in total. The van der Waals surface area contributed by atoms with E-state index in [2.05, 4.69) is 0 Å². The Kier molecular flexibility index (Phi) is 3.93. The van der Waals surface area contributed by atoms with E-state index in [-0.39, 0.29) is 12.1 Å². The molecule has 2 unspecified atom stereocenters. The molecule has 1 heterocycles. The minimum atomic E-state index is -4.54. The van der Waals surface area contributed by atoms with Crippen LogP contribution in [0.1, 0.15) is 0 Å². The van der Waals surface area contributed by atoms with Crippen molar-refractivity contribution in [3.63, 3.8) is 0 Å². The minimum Gasteiger partial charge on any atom is -0.389 e. The van der Waals surface area contributed by atoms with E-state index in [1.807, 2.05) is 0 Å². The molecule has 1 aliphatic heterocycles. The van der Waals surface area contributed by atoms with Gasteiger partial charge in [0.1, 0.15) is 10.7 Å². The van der Waals surface area contributed by atoms with Gasteiger partial charge in [0.25, 0.3) is 0 Å². The molecule has 0 radical (unpaired) electrons. The second-order valence-corrected chi connectivity index (χ2v) is 6.35. The van der Waals surface area contributed by atoms with Crippen LogP contribution in [0, 0.1) is 21.7 Å². The Balaban J connectivity index is 2.50. The molecule has 0 amide bonds. The number of aliphatic hydroxyl groups excluding tert-OH is 2. The number of nitrogens with zero attached hydrogens (tertiary/aromatic N) is 2. The molecule has 0 spiro atoms. The molecular weight excluding hydrogens is 314 g/mol. The first-order chi connectivity index (χ1) is 9.64. The summed E-state index contributed by atoms with van der Waals surface area (Å²) >= 11 is 0. The second kappa shape index (κ2) is 5.26. The van der Waals surface area contributed by atoms with Crippen LogP contribution >= 0.6 is 0 Å². The fourth-order valence-electron chi connectivity index (χ4n) is 1.93. The highest BCUT2D eigenvalue weighted by Crippen LogP contribution is 2.28. The highest BCUT2D eigenvalue weighted by molar-refractivity contribution is 7.89. The number of benzene rings is 1. The van der Waals surface area contributed by atoms with Crippen molar-refractivity contribution in [2.45, 2.75) is 17.1 Å². The lowest BCUT2D eigenvalue weighted by molar-refractivity contribution is -0.387. The van der Waals surface area contributed by atoms with Gasteiger partial charge in [0.2, 0.25) is 15.8 Å². The quantitative estimate of drug-likeness (QED) is 0.576. The molecule has 2 rings (SSSR count). The summed E-state index contributed by atoms with van der Waals surface area (Å²) in [4.78, 5) is 8.33. The predicted molar refractivity (Wildman–Crippen MR) is 63.8 cm³/mol. The van der Waals surface area contributed by atoms with Gasteiger partial charge in [-0.25, -0.2) is 12.8 Å². The summed E-state index contributed by atoms with van der Waals surface area (Å²) in [5.41, 5.74) is -1.18. The second-order valence-electron chi connectivity index (χ2n) is 4.45. The van der Waals surface area contributed by atoms with E-state index in [9.17, 15) is 37.5 Å². The number of hydrogen-bond donors (Lipinski definition) is 2. The van der Waals surface area contributed by atoms with Crippen LogP contribution in [0.2, 0.25) is 0 Å². The van der Waals surface area contributed by atoms with Gasteiger partial charge in [-0.1, -0.05) is 0 Å². The number of hydrogen-bond acceptors (Lipinski definition) is 6. The largest absolute Gasteiger partial charge is 0.389 e. The van der Waals surface area contributed by atoms with E-state index in [0.717, 1.165) is 0 Å². The Bertz CT molecular complexity index is 685. The minimum absolute atomic E-state index is 0.105. The van der Waals surface area contributed by atoms with Crippen LogP contribution < -0.4 is 0 Å². The summed E-state index contributed by atoms with van der Waals surface area (Å²) < 4.78 is 51.7. The lowest BCUT2D eigenvalue weighted by atomic mass is 10.3. The van der Waals surface area contributed by atoms with E-state index in [1.54, 1.807) is 0 Å². The lowest BCUT2D eigenvalue weighted by Crippen LogP contribution is -2.30. The van der Waals surface area contributed by atoms with Gasteiger partial charge < -0.3 is 10.2 Å². The average molecular weight is 324 g/mol. The Morgan fingerprint density at radius 1 is 1.19 bits per heavy atom. The monoisotopic (exact) mass is 324 g/mol. The van der Waals surface area contributed by atoms with Gasteiger partial charge in [-0.3, -0.25) is 10.1 Å². The zero-order chi connectivity index (χ0) is 15.9. The number of halogens is 2. The van der Waals surface area contributed by atoms with Gasteiger partial charge in [-0.05, 0) is 0 Å². The van der Waals surface area contributed by atoms with Crippen molar-refractivity contribution in [2.24, 2.45) is 0 Å². The molecule has 8 nitrogen and oxygen atoms in total. The molecule has 1 aliphatic rings. The molecule has 1 aromatic carbocycles. The van der Waals surface area contributed by atoms with Crippen LogP contribution in [0.15, 0.2) is 17.0 Å². The summed E-state index contributed by atoms with van der Waals surface area (Å²) in [5, 5.41) is 29.2. The van der Waals surface area contributed by atoms with E-state index in [0.29, 0.717) is 4.31 Å². The third kappa shape index (κ3) is 2.72. The van der Waals surface area contributed by atoms with Gasteiger partial charge >= 0.3 is 5.69 Å². The summed E-state index contributed by atoms with van der Waals surface area (Å²) in [6.45, 7) is -0.984. The number of nitro benzene ring substituents is 1. The highest BCUT2D eigenvalue weighted by atomic mass is 32.2. The number of nitro groups is 1. The van der Waals surface area contributed by atoms with Gasteiger partial charge in [-0.2, -0.15) is 8.70 Å². The molecular formula is C10H10F2N2O6S. The fraction of sp³-hybridized carbons (Fsp3) is 0.400. The maximum absolute atomic E-state index is 13.6. The van der Waals surface area contributed by atoms with Crippen molar-refractivity contribution >= 4 is 15.7 Å². The van der Waals surface area contributed by atoms with Gasteiger partial charge in [0.15, 0.2) is 0 Å². The van der Waals surface area contributed by atoms with E-state index in [4.69, 9.17) is 0 Å². The van der Waals surface area contributed by atoms with Crippen molar-refractivity contribution in [3.8, 4) is 0 Å². The van der Waals surface area contributed by atoms with Crippen LogP contribution in [0.4, 0.5) is 14.5 Å². The van der Waals surface area contributed by atoms with Crippen LogP contribution in [0.3, 0.4) is 0 Å². The zero-order valence-corrected chi connectivity index (χ0v) is 11.1. The van der Waals surface area contributed by atoms with Crippen LogP contribution in [-0.2, 0) is 10.0 Å². The van der Waals surface area contributed by atoms with Gasteiger partial charge in [0, 0.05) is 25.2 Å². The molecule has 1 saturated heterocycles. The molecule has 0 aromatic heterocycles. The maximum Gasteiger partial charge on any atom is 0.306 e. The first-order valence-electron chi connectivity index (χ1n) is 5.64. The fourth-order valence-corrected chi connectivity index (χ4v) is 3.47. The molecule has 1 fully saturated rings. The molecule has 0 aliphatic carbocycles. The van der Waals surface area contributed by atoms with E-state index in [1.165, 1.54) is 0 Å². The number of sulfonamides is 1. The SMILES string of the molecule is O=[N+]([O-])c1cc(S(=O)(=O)N2CC(O)C(O)C2)c(F)cc1F. The number of aliphatic hydroxyl groups is 2. The van der Waals surface area contributed by atoms with Crippen LogP contribution in [0.5, 0.6) is 0 Å². The Hall–Kier alpha value is -1.69. The van der Waals surface area contributed by atoms with Crippen molar-refractivity contribution in [1.82, 2.24) is 4.31 Å². The molecule has 0 saturated carbocycles. The van der Waals surface area contributed by atoms with Crippen molar-refractivity contribution in [1.29, 1.82) is 0 Å². The van der Waals surface area contributed by atoms with Crippen molar-refractivity contribution in [3.05, 3.63) is 33.9 Å². The van der Waals surface area contributed by atoms with E-state index >= 15 is 0 Å². The first kappa shape index (κ1) is 15.7. The molecule has 0 bridgehead atoms. The third-order valence-electron chi connectivity index (χ3n) is 3.04. The number of β-amino-alcohol motifs (C(OH)–C–C–N with tert-alkyl or cyclic N) is 2. The van der Waals surface area contributed by atoms with E-state index < -0.39 is 62.5 Å². The van der Waals surface area contributed by atoms with Gasteiger partial charge in [0.05, 0.1) is 17.1 Å². The Morgan fingerprint density at radius 3 is 2.19 bits per heavy atom. The van der Waals surface area contributed by atoms with Crippen molar-refractivity contribution in [2.75, 3.05) is 13.1 Å². The molecule has 2 atom stereocenters. The predicted octanol–water partition coefficient (Wildman–Crippen LogP) is -0.401. The standard InChI is InChI=1S/C10H10F2N2O6S/c11-5-1-6(12)10(2-7(5)14(17)18)21(19,20)13-3-8(15)9(16)4-13/h1-2,8-9,15-16H,3-4H2. The molecule has 11 heteroatoms. The summed E-state index contributed by atoms with van der Waals surface area (Å²) in [7, 11) is -4.54. The normalized spacial score (nSPS) is 23.4. The lowest BCUT2D eigenvalue weighted by Gasteiger charge is -2.15. The zero-order valence-electron chi connectivity index (χ0n) is 10.3.